The topological polar surface area (TPSA) is 32.6 Å². The summed E-state index contributed by atoms with van der Waals surface area (Å²) in [7, 11) is 0. The lowest BCUT2D eigenvalue weighted by atomic mass is 10.1. The molecule has 0 aliphatic heterocycles. The monoisotopic (exact) mass is 243 g/mol. The number of aliphatic hydroxyl groups excluding tert-OH is 1. The third-order valence-electron chi connectivity index (χ3n) is 2.57. The van der Waals surface area contributed by atoms with E-state index in [1.165, 1.54) is 12.1 Å². The lowest BCUT2D eigenvalue weighted by Gasteiger charge is -2.06. The summed E-state index contributed by atoms with van der Waals surface area (Å²) in [6, 6.07) is 15.4. The Morgan fingerprint density at radius 3 is 2.39 bits per heavy atom. The molecule has 0 saturated heterocycles. The van der Waals surface area contributed by atoms with Gasteiger partial charge in [0.15, 0.2) is 0 Å². The fraction of sp³-hybridized carbons (Fsp3) is 0.133. The van der Waals surface area contributed by atoms with E-state index in [0.717, 1.165) is 11.1 Å². The summed E-state index contributed by atoms with van der Waals surface area (Å²) in [6.45, 7) is 0.293. The average Bonchev–Trinajstić information content (AvgIpc) is 2.42. The van der Waals surface area contributed by atoms with Crippen molar-refractivity contribution in [2.24, 2.45) is 4.99 Å². The highest BCUT2D eigenvalue weighted by atomic mass is 19.1. The van der Waals surface area contributed by atoms with Crippen molar-refractivity contribution in [1.82, 2.24) is 0 Å². The molecule has 0 spiro atoms. The van der Waals surface area contributed by atoms with Gasteiger partial charge in [-0.3, -0.25) is 4.99 Å². The Morgan fingerprint density at radius 1 is 1.06 bits per heavy atom. The summed E-state index contributed by atoms with van der Waals surface area (Å²) in [6.07, 6.45) is 1.02. The predicted octanol–water partition coefficient (Wildman–Crippen LogP) is 2.98. The molecule has 18 heavy (non-hydrogen) atoms. The van der Waals surface area contributed by atoms with Crippen LogP contribution in [0, 0.1) is 5.82 Å². The molecule has 0 amide bonds. The van der Waals surface area contributed by atoms with E-state index in [1.54, 1.807) is 18.3 Å². The molecular weight excluding hydrogens is 229 g/mol. The van der Waals surface area contributed by atoms with Gasteiger partial charge in [0.2, 0.25) is 0 Å². The summed E-state index contributed by atoms with van der Waals surface area (Å²) in [5, 5.41) is 9.87. The van der Waals surface area contributed by atoms with E-state index in [9.17, 15) is 9.50 Å². The van der Waals surface area contributed by atoms with Crippen molar-refractivity contribution >= 4 is 6.21 Å². The molecule has 1 N–H and O–H groups in total. The summed E-state index contributed by atoms with van der Waals surface area (Å²) in [5.41, 5.74) is 1.66. The van der Waals surface area contributed by atoms with E-state index in [-0.39, 0.29) is 5.82 Å². The van der Waals surface area contributed by atoms with Gasteiger partial charge in [-0.1, -0.05) is 42.5 Å². The van der Waals surface area contributed by atoms with Crippen LogP contribution in [-0.2, 0) is 0 Å². The number of aliphatic imine (C=N–C) groups is 1. The number of benzene rings is 2. The quantitative estimate of drug-likeness (QED) is 0.823. The smallest absolute Gasteiger partial charge is 0.123 e. The Balaban J connectivity index is 1.93. The van der Waals surface area contributed by atoms with Crippen molar-refractivity contribution < 1.29 is 9.50 Å². The first-order chi connectivity index (χ1) is 8.75. The minimum absolute atomic E-state index is 0.267. The molecule has 0 unspecified atom stereocenters. The molecular formula is C15H14FNO. The first-order valence-corrected chi connectivity index (χ1v) is 5.74. The van der Waals surface area contributed by atoms with Gasteiger partial charge in [-0.25, -0.2) is 4.39 Å². The van der Waals surface area contributed by atoms with Gasteiger partial charge in [0.1, 0.15) is 5.82 Å². The average molecular weight is 243 g/mol. The second-order valence-corrected chi connectivity index (χ2v) is 3.97. The van der Waals surface area contributed by atoms with Crippen molar-refractivity contribution in [3.63, 3.8) is 0 Å². The van der Waals surface area contributed by atoms with Gasteiger partial charge in [0, 0.05) is 6.21 Å². The van der Waals surface area contributed by atoms with Crippen LogP contribution >= 0.6 is 0 Å². The molecule has 0 fully saturated rings. The highest BCUT2D eigenvalue weighted by molar-refractivity contribution is 5.79. The zero-order valence-corrected chi connectivity index (χ0v) is 9.83. The molecule has 1 atom stereocenters. The highest BCUT2D eigenvalue weighted by Gasteiger charge is 2.04. The Hall–Kier alpha value is -2.00. The normalized spacial score (nSPS) is 12.8. The third-order valence-corrected chi connectivity index (χ3v) is 2.57. The minimum atomic E-state index is -0.608. The number of nitrogens with zero attached hydrogens (tertiary/aromatic N) is 1. The summed E-state index contributed by atoms with van der Waals surface area (Å²) < 4.78 is 12.7. The number of rotatable bonds is 4. The van der Waals surface area contributed by atoms with Crippen LogP contribution in [0.4, 0.5) is 4.39 Å². The van der Waals surface area contributed by atoms with Gasteiger partial charge in [-0.15, -0.1) is 0 Å². The largest absolute Gasteiger partial charge is 0.386 e. The van der Waals surface area contributed by atoms with Crippen LogP contribution in [0.25, 0.3) is 0 Å². The molecule has 2 nitrogen and oxygen atoms in total. The Bertz CT molecular complexity index is 508. The molecule has 0 aliphatic rings. The summed E-state index contributed by atoms with van der Waals surface area (Å²) in [4.78, 5) is 4.15. The molecule has 92 valence electrons. The number of aliphatic hydroxyl groups is 1. The van der Waals surface area contributed by atoms with E-state index in [1.807, 2.05) is 30.3 Å². The standard InChI is InChI=1S/C15H14FNO/c16-14-8-6-12(7-9-14)10-17-11-15(18)13-4-2-1-3-5-13/h1-10,15,18H,11H2/t15-/m1/s1. The predicted molar refractivity (Wildman–Crippen MR) is 70.3 cm³/mol. The van der Waals surface area contributed by atoms with Crippen LogP contribution < -0.4 is 0 Å². The maximum atomic E-state index is 12.7. The lowest BCUT2D eigenvalue weighted by molar-refractivity contribution is 0.187. The van der Waals surface area contributed by atoms with Gasteiger partial charge in [0.05, 0.1) is 12.6 Å². The first-order valence-electron chi connectivity index (χ1n) is 5.74. The molecule has 2 rings (SSSR count). The molecule has 2 aromatic rings. The van der Waals surface area contributed by atoms with Crippen LogP contribution in [0.2, 0.25) is 0 Å². The van der Waals surface area contributed by atoms with Crippen LogP contribution in [0.5, 0.6) is 0 Å². The molecule has 0 bridgehead atoms. The fourth-order valence-electron chi connectivity index (χ4n) is 1.59. The Labute approximate surface area is 105 Å². The third kappa shape index (κ3) is 3.50. The van der Waals surface area contributed by atoms with Gasteiger partial charge in [0.25, 0.3) is 0 Å². The lowest BCUT2D eigenvalue weighted by Crippen LogP contribution is -2.01. The SMILES string of the molecule is O[C@H](CN=Cc1ccc(F)cc1)c1ccccc1. The zero-order chi connectivity index (χ0) is 12.8. The van der Waals surface area contributed by atoms with Crippen molar-refractivity contribution in [2.45, 2.75) is 6.10 Å². The fourth-order valence-corrected chi connectivity index (χ4v) is 1.59. The molecule has 2 aromatic carbocycles. The second-order valence-electron chi connectivity index (χ2n) is 3.97. The second kappa shape index (κ2) is 6.07. The van der Waals surface area contributed by atoms with Crippen LogP contribution in [0.3, 0.4) is 0 Å². The van der Waals surface area contributed by atoms with Gasteiger partial charge >= 0.3 is 0 Å². The molecule has 0 saturated carbocycles. The van der Waals surface area contributed by atoms with Gasteiger partial charge in [-0.05, 0) is 23.3 Å². The maximum absolute atomic E-state index is 12.7. The van der Waals surface area contributed by atoms with Crippen LogP contribution in [0.1, 0.15) is 17.2 Å². The summed E-state index contributed by atoms with van der Waals surface area (Å²) >= 11 is 0. The molecule has 0 aliphatic carbocycles. The van der Waals surface area contributed by atoms with Crippen molar-refractivity contribution in [3.05, 3.63) is 71.5 Å². The van der Waals surface area contributed by atoms with E-state index in [2.05, 4.69) is 4.99 Å². The maximum Gasteiger partial charge on any atom is 0.123 e. The van der Waals surface area contributed by atoms with Crippen molar-refractivity contribution in [1.29, 1.82) is 0 Å². The van der Waals surface area contributed by atoms with Crippen molar-refractivity contribution in [3.8, 4) is 0 Å². The number of hydrogen-bond donors (Lipinski definition) is 1. The molecule has 0 radical (unpaired) electrons. The zero-order valence-electron chi connectivity index (χ0n) is 9.83. The highest BCUT2D eigenvalue weighted by Crippen LogP contribution is 2.12. The van der Waals surface area contributed by atoms with Gasteiger partial charge < -0.3 is 5.11 Å². The van der Waals surface area contributed by atoms with E-state index in [0.29, 0.717) is 6.54 Å². The molecule has 3 heteroatoms. The van der Waals surface area contributed by atoms with E-state index < -0.39 is 6.10 Å². The van der Waals surface area contributed by atoms with Crippen molar-refractivity contribution in [2.75, 3.05) is 6.54 Å². The van der Waals surface area contributed by atoms with Crippen LogP contribution in [-0.4, -0.2) is 17.9 Å². The minimum Gasteiger partial charge on any atom is -0.386 e. The van der Waals surface area contributed by atoms with Gasteiger partial charge in [-0.2, -0.15) is 0 Å². The Kier molecular flexibility index (Phi) is 4.20. The van der Waals surface area contributed by atoms with Crippen LogP contribution in [0.15, 0.2) is 59.6 Å². The summed E-state index contributed by atoms with van der Waals surface area (Å²) in [5.74, 6) is -0.267. The molecule has 0 heterocycles. The van der Waals surface area contributed by atoms with E-state index >= 15 is 0 Å². The van der Waals surface area contributed by atoms with E-state index in [4.69, 9.17) is 0 Å². The molecule has 0 aromatic heterocycles. The number of hydrogen-bond acceptors (Lipinski definition) is 2. The number of halogens is 1. The Morgan fingerprint density at radius 2 is 1.72 bits per heavy atom. The first kappa shape index (κ1) is 12.5.